The van der Waals surface area contributed by atoms with Gasteiger partial charge in [0, 0.05) is 31.1 Å². The van der Waals surface area contributed by atoms with Crippen molar-refractivity contribution in [2.75, 3.05) is 37.7 Å². The van der Waals surface area contributed by atoms with Crippen LogP contribution in [0.1, 0.15) is 31.7 Å². The lowest BCUT2D eigenvalue weighted by Gasteiger charge is -2.34. The summed E-state index contributed by atoms with van der Waals surface area (Å²) in [6.07, 6.45) is 6.11. The molecule has 2 aliphatic heterocycles. The number of ether oxygens (including phenoxy) is 1. The third-order valence-corrected chi connectivity index (χ3v) is 5.82. The van der Waals surface area contributed by atoms with Crippen LogP contribution in [0.3, 0.4) is 0 Å². The molecule has 1 amide bonds. The minimum atomic E-state index is 0.190. The van der Waals surface area contributed by atoms with Gasteiger partial charge in [0.1, 0.15) is 5.82 Å². The van der Waals surface area contributed by atoms with Crippen LogP contribution in [0.15, 0.2) is 24.5 Å². The zero-order valence-corrected chi connectivity index (χ0v) is 17.5. The van der Waals surface area contributed by atoms with Crippen LogP contribution in [-0.4, -0.2) is 74.7 Å². The fourth-order valence-electron chi connectivity index (χ4n) is 4.11. The van der Waals surface area contributed by atoms with Gasteiger partial charge in [-0.05, 0) is 25.8 Å². The number of likely N-dealkylation sites (tertiary alicyclic amines) is 1. The first-order valence-corrected chi connectivity index (χ1v) is 10.7. The molecule has 0 radical (unpaired) electrons. The van der Waals surface area contributed by atoms with Crippen molar-refractivity contribution in [1.82, 2.24) is 29.9 Å². The van der Waals surface area contributed by atoms with E-state index >= 15 is 0 Å². The van der Waals surface area contributed by atoms with Crippen LogP contribution in [0.5, 0.6) is 0 Å². The van der Waals surface area contributed by atoms with Gasteiger partial charge in [0.25, 0.3) is 0 Å². The van der Waals surface area contributed by atoms with E-state index in [4.69, 9.17) is 9.72 Å². The molecule has 31 heavy (non-hydrogen) atoms. The number of pyridine rings is 1. The van der Waals surface area contributed by atoms with Crippen LogP contribution in [0.2, 0.25) is 0 Å². The maximum Gasteiger partial charge on any atom is 0.223 e. The first kappa shape index (κ1) is 19.6. The van der Waals surface area contributed by atoms with E-state index in [1.165, 1.54) is 0 Å². The molecular weight excluding hydrogens is 394 g/mol. The smallest absolute Gasteiger partial charge is 0.223 e. The van der Waals surface area contributed by atoms with Crippen LogP contribution in [-0.2, 0) is 9.53 Å². The van der Waals surface area contributed by atoms with E-state index in [0.29, 0.717) is 26.2 Å². The number of fused-ring (bicyclic) bond motifs is 1. The van der Waals surface area contributed by atoms with Crippen molar-refractivity contribution < 1.29 is 9.53 Å². The number of carbonyl (C=O) groups excluding carboxylic acids is 1. The van der Waals surface area contributed by atoms with Crippen LogP contribution >= 0.6 is 0 Å². The monoisotopic (exact) mass is 419 g/mol. The zero-order chi connectivity index (χ0) is 21.2. The van der Waals surface area contributed by atoms with E-state index in [9.17, 15) is 4.79 Å². The SMILES string of the molecule is C[C@@H]1COCCN1c1cc(C#CCN2CCCCC2=O)c2cnn(-c3ccn[nH]3)c2n1. The van der Waals surface area contributed by atoms with Gasteiger partial charge < -0.3 is 14.5 Å². The molecule has 5 rings (SSSR count). The fraction of sp³-hybridized carbons (Fsp3) is 0.455. The molecule has 0 aromatic carbocycles. The third kappa shape index (κ3) is 3.86. The largest absolute Gasteiger partial charge is 0.377 e. The molecule has 3 aromatic rings. The molecule has 0 unspecified atom stereocenters. The first-order valence-electron chi connectivity index (χ1n) is 10.7. The highest BCUT2D eigenvalue weighted by molar-refractivity contribution is 5.85. The van der Waals surface area contributed by atoms with Crippen molar-refractivity contribution in [3.63, 3.8) is 0 Å². The quantitative estimate of drug-likeness (QED) is 0.650. The summed E-state index contributed by atoms with van der Waals surface area (Å²) in [5.74, 6) is 8.28. The van der Waals surface area contributed by atoms with Crippen molar-refractivity contribution in [3.05, 3.63) is 30.1 Å². The van der Waals surface area contributed by atoms with Crippen LogP contribution in [0.25, 0.3) is 16.9 Å². The predicted molar refractivity (Wildman–Crippen MR) is 116 cm³/mol. The van der Waals surface area contributed by atoms with E-state index in [-0.39, 0.29) is 11.9 Å². The van der Waals surface area contributed by atoms with Gasteiger partial charge in [-0.15, -0.1) is 0 Å². The van der Waals surface area contributed by atoms with Gasteiger partial charge in [-0.25, -0.2) is 4.98 Å². The average Bonchev–Trinajstić information content (AvgIpc) is 3.45. The van der Waals surface area contributed by atoms with Crippen molar-refractivity contribution in [2.45, 2.75) is 32.2 Å². The molecular formula is C22H25N7O2. The Morgan fingerprint density at radius 3 is 3.06 bits per heavy atom. The van der Waals surface area contributed by atoms with Crippen LogP contribution < -0.4 is 4.90 Å². The summed E-state index contributed by atoms with van der Waals surface area (Å²) in [7, 11) is 0. The number of H-pyrrole nitrogens is 1. The van der Waals surface area contributed by atoms with E-state index in [1.54, 1.807) is 17.1 Å². The Hall–Kier alpha value is -3.38. The summed E-state index contributed by atoms with van der Waals surface area (Å²) in [5.41, 5.74) is 1.58. The molecule has 2 fully saturated rings. The molecule has 0 saturated carbocycles. The standard InChI is InChI=1S/C22H25N7O2/c1-16-15-31-12-11-28(16)20-13-17(5-4-10-27-9-3-2-6-21(27)30)18-14-24-29(22(18)25-20)19-7-8-23-26-19/h7-8,13-14,16H,2-3,6,9-12,15H2,1H3,(H,23,26)/t16-/m1/s1. The fourth-order valence-corrected chi connectivity index (χ4v) is 4.11. The lowest BCUT2D eigenvalue weighted by Crippen LogP contribution is -2.44. The van der Waals surface area contributed by atoms with Gasteiger partial charge in [-0.1, -0.05) is 11.8 Å². The minimum absolute atomic E-state index is 0.190. The Balaban J connectivity index is 1.54. The Morgan fingerprint density at radius 2 is 2.26 bits per heavy atom. The van der Waals surface area contributed by atoms with Gasteiger partial charge in [0.05, 0.1) is 43.6 Å². The number of aromatic nitrogens is 5. The number of anilines is 1. The van der Waals surface area contributed by atoms with Gasteiger partial charge in [0.15, 0.2) is 11.5 Å². The van der Waals surface area contributed by atoms with E-state index in [1.807, 2.05) is 17.0 Å². The molecule has 5 heterocycles. The van der Waals surface area contributed by atoms with Gasteiger partial charge >= 0.3 is 0 Å². The predicted octanol–water partition coefficient (Wildman–Crippen LogP) is 1.73. The number of carbonyl (C=O) groups is 1. The highest BCUT2D eigenvalue weighted by Gasteiger charge is 2.23. The number of rotatable bonds is 3. The molecule has 0 bridgehead atoms. The average molecular weight is 419 g/mol. The number of aromatic amines is 1. The van der Waals surface area contributed by atoms with E-state index < -0.39 is 0 Å². The second-order valence-corrected chi connectivity index (χ2v) is 7.96. The van der Waals surface area contributed by atoms with Gasteiger partial charge in [-0.2, -0.15) is 14.9 Å². The minimum Gasteiger partial charge on any atom is -0.377 e. The number of hydrogen-bond donors (Lipinski definition) is 1. The molecule has 3 aromatic heterocycles. The number of amides is 1. The maximum absolute atomic E-state index is 12.1. The Kier molecular flexibility index (Phi) is 5.30. The molecule has 1 N–H and O–H groups in total. The molecule has 2 aliphatic rings. The van der Waals surface area contributed by atoms with Crippen molar-refractivity contribution in [2.24, 2.45) is 0 Å². The summed E-state index contributed by atoms with van der Waals surface area (Å²) < 4.78 is 7.34. The van der Waals surface area contributed by atoms with Crippen LogP contribution in [0.4, 0.5) is 5.82 Å². The molecule has 1 atom stereocenters. The Bertz CT molecular complexity index is 1140. The lowest BCUT2D eigenvalue weighted by atomic mass is 10.1. The van der Waals surface area contributed by atoms with Crippen molar-refractivity contribution in [1.29, 1.82) is 0 Å². The maximum atomic E-state index is 12.1. The third-order valence-electron chi connectivity index (χ3n) is 5.82. The zero-order valence-electron chi connectivity index (χ0n) is 17.5. The highest BCUT2D eigenvalue weighted by Crippen LogP contribution is 2.26. The van der Waals surface area contributed by atoms with E-state index in [2.05, 4.69) is 39.0 Å². The first-order chi connectivity index (χ1) is 15.2. The number of piperidine rings is 1. The molecule has 0 spiro atoms. The number of nitrogens with one attached hydrogen (secondary N) is 1. The number of hydrogen-bond acceptors (Lipinski definition) is 6. The summed E-state index contributed by atoms with van der Waals surface area (Å²) >= 11 is 0. The summed E-state index contributed by atoms with van der Waals surface area (Å²) in [5, 5.41) is 12.4. The Morgan fingerprint density at radius 1 is 1.32 bits per heavy atom. The van der Waals surface area contributed by atoms with E-state index in [0.717, 1.165) is 54.2 Å². The second-order valence-electron chi connectivity index (χ2n) is 7.96. The van der Waals surface area contributed by atoms with Gasteiger partial charge in [0.2, 0.25) is 5.91 Å². The molecule has 2 saturated heterocycles. The molecule has 160 valence electrons. The second kappa shape index (κ2) is 8.40. The summed E-state index contributed by atoms with van der Waals surface area (Å²) in [6.45, 7) is 5.46. The normalized spacial score (nSPS) is 19.5. The number of nitrogens with zero attached hydrogens (tertiary/aromatic N) is 6. The summed E-state index contributed by atoms with van der Waals surface area (Å²) in [6, 6.07) is 4.09. The summed E-state index contributed by atoms with van der Waals surface area (Å²) in [4.78, 5) is 21.1. The number of morpholine rings is 1. The molecule has 0 aliphatic carbocycles. The van der Waals surface area contributed by atoms with Crippen LogP contribution in [0, 0.1) is 11.8 Å². The highest BCUT2D eigenvalue weighted by atomic mass is 16.5. The van der Waals surface area contributed by atoms with Crippen molar-refractivity contribution in [3.8, 4) is 17.7 Å². The lowest BCUT2D eigenvalue weighted by molar-refractivity contribution is -0.132. The topological polar surface area (TPSA) is 92.2 Å². The molecule has 9 heteroatoms. The molecule has 9 nitrogen and oxygen atoms in total. The van der Waals surface area contributed by atoms with Gasteiger partial charge in [-0.3, -0.25) is 9.89 Å². The van der Waals surface area contributed by atoms with Crippen molar-refractivity contribution >= 4 is 22.8 Å². The Labute approximate surface area is 180 Å².